The van der Waals surface area contributed by atoms with Crippen molar-refractivity contribution in [2.45, 2.75) is 26.4 Å². The van der Waals surface area contributed by atoms with E-state index in [-0.39, 0.29) is 25.0 Å². The topological polar surface area (TPSA) is 75.7 Å². The Balaban J connectivity index is 0. The quantitative estimate of drug-likeness (QED) is 0.289. The first-order chi connectivity index (χ1) is 5.06. The summed E-state index contributed by atoms with van der Waals surface area (Å²) < 4.78 is 18.0. The second-order valence-corrected chi connectivity index (χ2v) is 2.53. The molecule has 12 heavy (non-hydrogen) atoms. The van der Waals surface area contributed by atoms with Crippen LogP contribution < -0.4 is 23.8 Å². The maximum atomic E-state index is 10.4. The average molecular weight is 187 g/mol. The molecule has 0 heterocycles. The van der Waals surface area contributed by atoms with Crippen molar-refractivity contribution in [1.29, 1.82) is 0 Å². The van der Waals surface area contributed by atoms with Crippen molar-refractivity contribution in [3.63, 3.8) is 0 Å². The molecule has 0 aromatic carbocycles. The van der Waals surface area contributed by atoms with Gasteiger partial charge >= 0.3 is 33.3 Å². The molecule has 0 aliphatic carbocycles. The Kier molecular flexibility index (Phi) is 9.12. The predicted octanol–water partition coefficient (Wildman–Crippen LogP) is -2.04. The minimum Gasteiger partial charge on any atom is -0.558 e. The molecule has 5 nitrogen and oxygen atoms in total. The molecule has 64 valence electrons. The first-order valence-corrected chi connectivity index (χ1v) is 4.18. The van der Waals surface area contributed by atoms with E-state index in [2.05, 4.69) is 9.26 Å². The molecule has 2 atom stereocenters. The van der Waals surface area contributed by atoms with Gasteiger partial charge in [0.15, 0.2) is 0 Å². The van der Waals surface area contributed by atoms with Crippen LogP contribution in [0.25, 0.3) is 0 Å². The second kappa shape index (κ2) is 7.57. The van der Waals surface area contributed by atoms with E-state index in [1.165, 1.54) is 0 Å². The number of carbonyl (C=O) groups excluding carboxylic acids is 1. The fraction of sp³-hybridized carbons (Fsp3) is 0.800. The van der Waals surface area contributed by atoms with Gasteiger partial charge < -0.3 is 9.63 Å². The van der Waals surface area contributed by atoms with Crippen LogP contribution in [-0.4, -0.2) is 12.3 Å². The molecule has 0 saturated heterocycles. The zero-order chi connectivity index (χ0) is 8.85. The fourth-order valence-electron chi connectivity index (χ4n) is 0.330. The van der Waals surface area contributed by atoms with Crippen LogP contribution in [0.4, 0.5) is 4.79 Å². The summed E-state index contributed by atoms with van der Waals surface area (Å²) in [5.41, 5.74) is 0. The van der Waals surface area contributed by atoms with Crippen LogP contribution in [0, 0.1) is 0 Å². The molecule has 7 heteroatoms. The van der Waals surface area contributed by atoms with Crippen LogP contribution >= 0.6 is 8.25 Å². The van der Waals surface area contributed by atoms with Crippen molar-refractivity contribution in [2.24, 2.45) is 0 Å². The zero-order valence-corrected chi connectivity index (χ0v) is 8.17. The van der Waals surface area contributed by atoms with Crippen molar-refractivity contribution in [3.05, 3.63) is 0 Å². The second-order valence-electron chi connectivity index (χ2n) is 1.90. The van der Waals surface area contributed by atoms with Crippen LogP contribution in [0.1, 0.15) is 20.3 Å². The first kappa shape index (κ1) is 14.5. The summed E-state index contributed by atoms with van der Waals surface area (Å²) >= 11 is 0. The van der Waals surface area contributed by atoms with Crippen molar-refractivity contribution >= 4 is 14.4 Å². The van der Waals surface area contributed by atoms with Gasteiger partial charge in [-0.2, -0.15) is 9.32 Å². The van der Waals surface area contributed by atoms with Crippen LogP contribution in [-0.2, 0) is 13.8 Å². The van der Waals surface area contributed by atoms with Gasteiger partial charge in [-0.05, 0) is 17.9 Å². The minimum absolute atomic E-state index is 0. The van der Waals surface area contributed by atoms with Gasteiger partial charge in [0, 0.05) is 0 Å². The van der Waals surface area contributed by atoms with Gasteiger partial charge in [0.1, 0.15) is 6.10 Å². The molecule has 0 rings (SSSR count). The summed E-state index contributed by atoms with van der Waals surface area (Å²) in [6.45, 7) is 3.44. The molecule has 2 unspecified atom stereocenters. The summed E-state index contributed by atoms with van der Waals surface area (Å²) in [4.78, 5) is 20.2. The Morgan fingerprint density at radius 1 is 1.67 bits per heavy atom. The number of ether oxygens (including phenoxy) is 1. The van der Waals surface area contributed by atoms with E-state index >= 15 is 0 Å². The Morgan fingerprint density at radius 3 is 2.50 bits per heavy atom. The molecular formula is C5H9LiO5P+. The normalized spacial score (nSPS) is 12.4. The van der Waals surface area contributed by atoms with Gasteiger partial charge in [0.05, 0.1) is 0 Å². The number of carbonyl (C=O) groups is 1. The molecule has 0 saturated carbocycles. The molecule has 0 spiro atoms. The van der Waals surface area contributed by atoms with Crippen LogP contribution in [0.3, 0.4) is 0 Å². The van der Waals surface area contributed by atoms with E-state index in [0.29, 0.717) is 6.42 Å². The van der Waals surface area contributed by atoms with E-state index in [1.54, 1.807) is 13.8 Å². The largest absolute Gasteiger partial charge is 1.00 e. The summed E-state index contributed by atoms with van der Waals surface area (Å²) in [5, 5.41) is 0. The van der Waals surface area contributed by atoms with Gasteiger partial charge in [-0.15, -0.1) is 0 Å². The Hall–Kier alpha value is -0.0726. The molecule has 0 radical (unpaired) electrons. The van der Waals surface area contributed by atoms with E-state index < -0.39 is 14.4 Å². The van der Waals surface area contributed by atoms with Gasteiger partial charge in [-0.1, -0.05) is 6.92 Å². The van der Waals surface area contributed by atoms with Crippen molar-refractivity contribution in [2.75, 3.05) is 0 Å². The number of hydrogen-bond acceptors (Lipinski definition) is 5. The van der Waals surface area contributed by atoms with Gasteiger partial charge in [-0.25, -0.2) is 0 Å². The van der Waals surface area contributed by atoms with Crippen LogP contribution in [0.5, 0.6) is 0 Å². The van der Waals surface area contributed by atoms with E-state index in [0.717, 1.165) is 0 Å². The molecule has 0 aliphatic rings. The smallest absolute Gasteiger partial charge is 0.558 e. The van der Waals surface area contributed by atoms with Crippen LogP contribution in [0.15, 0.2) is 0 Å². The molecular weight excluding hydrogens is 178 g/mol. The monoisotopic (exact) mass is 187 g/mol. The fourth-order valence-corrected chi connectivity index (χ4v) is 0.495. The van der Waals surface area contributed by atoms with Gasteiger partial charge in [0.25, 0.3) is 0 Å². The summed E-state index contributed by atoms with van der Waals surface area (Å²) in [6, 6.07) is 0. The maximum Gasteiger partial charge on any atom is 1.00 e. The van der Waals surface area contributed by atoms with Crippen LogP contribution in [0.2, 0.25) is 0 Å². The number of hydrogen-bond donors (Lipinski definition) is 0. The summed E-state index contributed by atoms with van der Waals surface area (Å²) in [6.07, 6.45) is -0.877. The molecule has 0 amide bonds. The standard InChI is InChI=1S/C5H9O5P.Li/c1-3-4(2)9-5(6)10-11(7)8;/h4H,3H2,1-2H3;/q;+1. The summed E-state index contributed by atoms with van der Waals surface area (Å²) in [5.74, 6) is 0. The van der Waals surface area contributed by atoms with Gasteiger partial charge in [0.2, 0.25) is 0 Å². The third-order valence-corrected chi connectivity index (χ3v) is 1.32. The molecule has 0 bridgehead atoms. The van der Waals surface area contributed by atoms with E-state index in [4.69, 9.17) is 0 Å². The van der Waals surface area contributed by atoms with Crippen molar-refractivity contribution < 1.29 is 42.4 Å². The van der Waals surface area contributed by atoms with Crippen molar-refractivity contribution in [1.82, 2.24) is 0 Å². The first-order valence-electron chi connectivity index (χ1n) is 3.09. The predicted molar refractivity (Wildman–Crippen MR) is 34.9 cm³/mol. The third-order valence-electron chi connectivity index (χ3n) is 1.02. The number of rotatable bonds is 3. The van der Waals surface area contributed by atoms with E-state index in [9.17, 15) is 14.3 Å². The minimum atomic E-state index is -3.15. The Morgan fingerprint density at radius 2 is 2.17 bits per heavy atom. The summed E-state index contributed by atoms with van der Waals surface area (Å²) in [7, 11) is -3.15. The zero-order valence-electron chi connectivity index (χ0n) is 7.27. The molecule has 0 aromatic heterocycles. The van der Waals surface area contributed by atoms with Gasteiger partial charge in [-0.3, -0.25) is 0 Å². The van der Waals surface area contributed by atoms with Crippen molar-refractivity contribution in [3.8, 4) is 0 Å². The molecule has 0 aliphatic heterocycles. The Bertz CT molecular complexity index is 162. The maximum absolute atomic E-state index is 10.4. The Labute approximate surface area is 83.6 Å². The average Bonchev–Trinajstić information content (AvgIpc) is 1.85. The third kappa shape index (κ3) is 8.03. The molecule has 0 aromatic rings. The SMILES string of the molecule is CCC(C)OC(=O)O[P+](=O)[O-].[Li+]. The molecule has 0 N–H and O–H groups in total. The van der Waals surface area contributed by atoms with E-state index in [1.807, 2.05) is 0 Å². The molecule has 0 fully saturated rings.